The molecule has 0 aliphatic carbocycles. The van der Waals surface area contributed by atoms with Crippen LogP contribution in [0.2, 0.25) is 0 Å². The van der Waals surface area contributed by atoms with Crippen LogP contribution in [0.15, 0.2) is 24.3 Å². The van der Waals surface area contributed by atoms with Crippen molar-refractivity contribution in [2.24, 2.45) is 0 Å². The number of nitro benzene ring substituents is 1. The van der Waals surface area contributed by atoms with Gasteiger partial charge in [-0.15, -0.1) is 0 Å². The molecule has 0 aromatic heterocycles. The molecule has 0 aliphatic rings. The smallest absolute Gasteiger partial charge is 0.321 e. The van der Waals surface area contributed by atoms with Crippen molar-refractivity contribution in [1.82, 2.24) is 4.90 Å². The maximum absolute atomic E-state index is 11.7. The SMILES string of the molecule is CN(C)C(CC(=O)Nc1ccc([N+](=O)[O-])cc1)C(=O)O. The molecule has 1 unspecified atom stereocenters. The van der Waals surface area contributed by atoms with Gasteiger partial charge >= 0.3 is 5.97 Å². The molecule has 0 spiro atoms. The van der Waals surface area contributed by atoms with Crippen molar-refractivity contribution >= 4 is 23.3 Å². The van der Waals surface area contributed by atoms with Crippen LogP contribution in [0.1, 0.15) is 6.42 Å². The van der Waals surface area contributed by atoms with Crippen molar-refractivity contribution in [2.45, 2.75) is 12.5 Å². The number of carboxylic acid groups (broad SMARTS) is 1. The van der Waals surface area contributed by atoms with E-state index >= 15 is 0 Å². The monoisotopic (exact) mass is 281 g/mol. The predicted molar refractivity (Wildman–Crippen MR) is 71.5 cm³/mol. The molecular weight excluding hydrogens is 266 g/mol. The van der Waals surface area contributed by atoms with E-state index in [9.17, 15) is 19.7 Å². The van der Waals surface area contributed by atoms with Crippen molar-refractivity contribution in [3.63, 3.8) is 0 Å². The van der Waals surface area contributed by atoms with Crippen LogP contribution in [0.25, 0.3) is 0 Å². The highest BCUT2D eigenvalue weighted by Gasteiger charge is 2.23. The molecule has 0 aliphatic heterocycles. The summed E-state index contributed by atoms with van der Waals surface area (Å²) in [6.45, 7) is 0. The van der Waals surface area contributed by atoms with E-state index in [0.29, 0.717) is 5.69 Å². The Morgan fingerprint density at radius 1 is 1.35 bits per heavy atom. The molecule has 0 fully saturated rings. The van der Waals surface area contributed by atoms with E-state index in [0.717, 1.165) is 0 Å². The zero-order chi connectivity index (χ0) is 15.3. The van der Waals surface area contributed by atoms with Gasteiger partial charge in [0.1, 0.15) is 6.04 Å². The van der Waals surface area contributed by atoms with E-state index in [2.05, 4.69) is 5.32 Å². The van der Waals surface area contributed by atoms with Crippen LogP contribution in [-0.4, -0.2) is 46.9 Å². The highest BCUT2D eigenvalue weighted by atomic mass is 16.6. The highest BCUT2D eigenvalue weighted by molar-refractivity contribution is 5.94. The van der Waals surface area contributed by atoms with Crippen molar-refractivity contribution < 1.29 is 19.6 Å². The minimum atomic E-state index is -1.09. The fourth-order valence-corrected chi connectivity index (χ4v) is 1.54. The summed E-state index contributed by atoms with van der Waals surface area (Å²) in [5.41, 5.74) is 0.295. The average Bonchev–Trinajstić information content (AvgIpc) is 2.35. The van der Waals surface area contributed by atoms with Gasteiger partial charge in [0.2, 0.25) is 5.91 Å². The second kappa shape index (κ2) is 6.62. The lowest BCUT2D eigenvalue weighted by atomic mass is 10.2. The Balaban J connectivity index is 2.66. The summed E-state index contributed by atoms with van der Waals surface area (Å²) in [5, 5.41) is 21.9. The third kappa shape index (κ3) is 4.32. The second-order valence-electron chi connectivity index (χ2n) is 4.37. The number of nitrogens with one attached hydrogen (secondary N) is 1. The summed E-state index contributed by atoms with van der Waals surface area (Å²) in [6, 6.07) is 4.38. The molecule has 1 atom stereocenters. The van der Waals surface area contributed by atoms with E-state index in [1.165, 1.54) is 29.2 Å². The van der Waals surface area contributed by atoms with E-state index in [1.54, 1.807) is 14.1 Å². The van der Waals surface area contributed by atoms with Gasteiger partial charge in [0.05, 0.1) is 11.3 Å². The van der Waals surface area contributed by atoms with Crippen LogP contribution < -0.4 is 5.32 Å². The van der Waals surface area contributed by atoms with Crippen molar-refractivity contribution in [2.75, 3.05) is 19.4 Å². The molecule has 8 nitrogen and oxygen atoms in total. The second-order valence-corrected chi connectivity index (χ2v) is 4.37. The number of carboxylic acids is 1. The molecule has 0 bridgehead atoms. The quantitative estimate of drug-likeness (QED) is 0.592. The number of carbonyl (C=O) groups is 2. The van der Waals surface area contributed by atoms with Gasteiger partial charge in [0, 0.05) is 17.8 Å². The number of nitro groups is 1. The Hall–Kier alpha value is -2.48. The fourth-order valence-electron chi connectivity index (χ4n) is 1.54. The molecule has 0 heterocycles. The normalized spacial score (nSPS) is 11.9. The zero-order valence-corrected chi connectivity index (χ0v) is 11.1. The molecule has 2 N–H and O–H groups in total. The molecular formula is C12H15N3O5. The number of non-ortho nitro benzene ring substituents is 1. The lowest BCUT2D eigenvalue weighted by molar-refractivity contribution is -0.384. The minimum absolute atomic E-state index is 0.0836. The van der Waals surface area contributed by atoms with Crippen molar-refractivity contribution in [3.05, 3.63) is 34.4 Å². The van der Waals surface area contributed by atoms with Gasteiger partial charge in [-0.1, -0.05) is 0 Å². The lowest BCUT2D eigenvalue weighted by Gasteiger charge is -2.19. The number of anilines is 1. The number of nitrogens with zero attached hydrogens (tertiary/aromatic N) is 2. The first-order valence-corrected chi connectivity index (χ1v) is 5.75. The standard InChI is InChI=1S/C12H15N3O5/c1-14(2)10(12(17)18)7-11(16)13-8-3-5-9(6-4-8)15(19)20/h3-6,10H,7H2,1-2H3,(H,13,16)(H,17,18). The first kappa shape index (κ1) is 15.6. The van der Waals surface area contributed by atoms with Crippen LogP contribution >= 0.6 is 0 Å². The van der Waals surface area contributed by atoms with Crippen LogP contribution in [-0.2, 0) is 9.59 Å². The average molecular weight is 281 g/mol. The molecule has 1 aromatic rings. The number of aliphatic carboxylic acids is 1. The third-order valence-corrected chi connectivity index (χ3v) is 2.65. The predicted octanol–water partition coefficient (Wildman–Crippen LogP) is 0.938. The lowest BCUT2D eigenvalue weighted by Crippen LogP contribution is -2.38. The zero-order valence-electron chi connectivity index (χ0n) is 11.1. The first-order valence-electron chi connectivity index (χ1n) is 5.75. The minimum Gasteiger partial charge on any atom is -0.480 e. The van der Waals surface area contributed by atoms with Crippen molar-refractivity contribution in [1.29, 1.82) is 0 Å². The Morgan fingerprint density at radius 2 is 1.90 bits per heavy atom. The van der Waals surface area contributed by atoms with Gasteiger partial charge in [0.15, 0.2) is 0 Å². The maximum Gasteiger partial charge on any atom is 0.321 e. The van der Waals surface area contributed by atoms with Gasteiger partial charge in [-0.25, -0.2) is 0 Å². The van der Waals surface area contributed by atoms with E-state index < -0.39 is 22.8 Å². The fraction of sp³-hybridized carbons (Fsp3) is 0.333. The van der Waals surface area contributed by atoms with E-state index in [4.69, 9.17) is 5.11 Å². The Morgan fingerprint density at radius 3 is 2.30 bits per heavy atom. The Kier molecular flexibility index (Phi) is 5.15. The van der Waals surface area contributed by atoms with Crippen LogP contribution in [0.4, 0.5) is 11.4 Å². The summed E-state index contributed by atoms with van der Waals surface area (Å²) in [6.07, 6.45) is -0.209. The van der Waals surface area contributed by atoms with Gasteiger partial charge in [-0.05, 0) is 26.2 Å². The number of amides is 1. The maximum atomic E-state index is 11.7. The number of hydrogen-bond acceptors (Lipinski definition) is 5. The van der Waals surface area contributed by atoms with Gasteiger partial charge in [0.25, 0.3) is 5.69 Å². The van der Waals surface area contributed by atoms with Crippen LogP contribution in [0.3, 0.4) is 0 Å². The van der Waals surface area contributed by atoms with Crippen LogP contribution in [0.5, 0.6) is 0 Å². The molecule has 1 rings (SSSR count). The van der Waals surface area contributed by atoms with Gasteiger partial charge in [-0.2, -0.15) is 0 Å². The molecule has 0 saturated carbocycles. The first-order chi connectivity index (χ1) is 9.31. The molecule has 0 radical (unpaired) electrons. The van der Waals surface area contributed by atoms with E-state index in [-0.39, 0.29) is 12.1 Å². The summed E-state index contributed by atoms with van der Waals surface area (Å²) < 4.78 is 0. The Bertz CT molecular complexity index is 512. The summed E-state index contributed by atoms with van der Waals surface area (Å²) >= 11 is 0. The summed E-state index contributed by atoms with van der Waals surface area (Å²) in [7, 11) is 3.13. The molecule has 1 amide bonds. The van der Waals surface area contributed by atoms with Crippen molar-refractivity contribution in [3.8, 4) is 0 Å². The number of hydrogen-bond donors (Lipinski definition) is 2. The number of benzene rings is 1. The van der Waals surface area contributed by atoms with Gasteiger partial charge in [-0.3, -0.25) is 24.6 Å². The molecule has 108 valence electrons. The Labute approximate surface area is 115 Å². The van der Waals surface area contributed by atoms with E-state index in [1.807, 2.05) is 0 Å². The molecule has 8 heteroatoms. The molecule has 20 heavy (non-hydrogen) atoms. The third-order valence-electron chi connectivity index (χ3n) is 2.65. The molecule has 1 aromatic carbocycles. The number of likely N-dealkylation sites (N-methyl/N-ethyl adjacent to an activating group) is 1. The molecule has 0 saturated heterocycles. The van der Waals surface area contributed by atoms with Gasteiger partial charge < -0.3 is 10.4 Å². The number of carbonyl (C=O) groups excluding carboxylic acids is 1. The summed E-state index contributed by atoms with van der Waals surface area (Å²) in [4.78, 5) is 34.0. The largest absolute Gasteiger partial charge is 0.480 e. The van der Waals surface area contributed by atoms with Crippen LogP contribution in [0, 0.1) is 10.1 Å². The number of rotatable bonds is 6. The topological polar surface area (TPSA) is 113 Å². The highest BCUT2D eigenvalue weighted by Crippen LogP contribution is 2.15. The summed E-state index contributed by atoms with van der Waals surface area (Å²) in [5.74, 6) is -1.56.